The van der Waals surface area contributed by atoms with Gasteiger partial charge in [0, 0.05) is 12.1 Å². The van der Waals surface area contributed by atoms with Gasteiger partial charge in [0.25, 0.3) is 5.91 Å². The topological polar surface area (TPSA) is 29.1 Å². The van der Waals surface area contributed by atoms with Gasteiger partial charge in [-0.2, -0.15) is 0 Å². The number of carbonyl (C=O) groups excluding carboxylic acids is 1. The summed E-state index contributed by atoms with van der Waals surface area (Å²) in [6.45, 7) is 4.70. The van der Waals surface area contributed by atoms with Crippen LogP contribution in [0.4, 0.5) is 0 Å². The van der Waals surface area contributed by atoms with Crippen LogP contribution in [0.5, 0.6) is 0 Å². The Kier molecular flexibility index (Phi) is 3.92. The molecule has 0 atom stereocenters. The van der Waals surface area contributed by atoms with Crippen molar-refractivity contribution in [3.8, 4) is 0 Å². The first-order valence-electron chi connectivity index (χ1n) is 7.46. The van der Waals surface area contributed by atoms with E-state index in [-0.39, 0.29) is 5.91 Å². The van der Waals surface area contributed by atoms with Crippen molar-refractivity contribution in [1.82, 2.24) is 5.32 Å². The van der Waals surface area contributed by atoms with Crippen LogP contribution in [0, 0.1) is 13.8 Å². The van der Waals surface area contributed by atoms with E-state index in [1.807, 2.05) is 42.5 Å². The number of aryl methyl sites for hydroxylation is 2. The molecule has 22 heavy (non-hydrogen) atoms. The monoisotopic (exact) mass is 289 g/mol. The molecule has 0 saturated heterocycles. The average molecular weight is 289 g/mol. The van der Waals surface area contributed by atoms with Crippen molar-refractivity contribution in [2.24, 2.45) is 0 Å². The van der Waals surface area contributed by atoms with Crippen LogP contribution in [-0.2, 0) is 6.54 Å². The molecule has 1 amide bonds. The minimum Gasteiger partial charge on any atom is -0.348 e. The molecule has 0 unspecified atom stereocenters. The average Bonchev–Trinajstić information content (AvgIpc) is 2.53. The number of hydrogen-bond donors (Lipinski definition) is 1. The van der Waals surface area contributed by atoms with Crippen molar-refractivity contribution in [2.75, 3.05) is 0 Å². The second kappa shape index (κ2) is 6.02. The summed E-state index contributed by atoms with van der Waals surface area (Å²) in [5, 5.41) is 5.23. The number of fused-ring (bicyclic) bond motifs is 1. The number of carbonyl (C=O) groups is 1. The summed E-state index contributed by atoms with van der Waals surface area (Å²) in [7, 11) is 0. The van der Waals surface area contributed by atoms with Crippen molar-refractivity contribution in [1.29, 1.82) is 0 Å². The fraction of sp³-hybridized carbons (Fsp3) is 0.150. The SMILES string of the molecule is Cc1ccc(CNC(=O)c2ccc3ccccc3c2)c(C)c1. The fourth-order valence-electron chi connectivity index (χ4n) is 2.65. The first-order chi connectivity index (χ1) is 10.6. The Bertz CT molecular complexity index is 836. The Balaban J connectivity index is 1.75. The molecule has 3 rings (SSSR count). The van der Waals surface area contributed by atoms with Crippen LogP contribution < -0.4 is 5.32 Å². The van der Waals surface area contributed by atoms with Gasteiger partial charge >= 0.3 is 0 Å². The van der Waals surface area contributed by atoms with Gasteiger partial charge in [-0.1, -0.05) is 54.1 Å². The largest absolute Gasteiger partial charge is 0.348 e. The van der Waals surface area contributed by atoms with Crippen LogP contribution in [0.25, 0.3) is 10.8 Å². The van der Waals surface area contributed by atoms with Crippen LogP contribution in [0.15, 0.2) is 60.7 Å². The third-order valence-corrected chi connectivity index (χ3v) is 3.95. The lowest BCUT2D eigenvalue weighted by atomic mass is 10.0. The summed E-state index contributed by atoms with van der Waals surface area (Å²) in [6.07, 6.45) is 0. The fourth-order valence-corrected chi connectivity index (χ4v) is 2.65. The smallest absolute Gasteiger partial charge is 0.251 e. The molecule has 0 aliphatic heterocycles. The Hall–Kier alpha value is -2.61. The molecule has 0 heterocycles. The Morgan fingerprint density at radius 2 is 1.68 bits per heavy atom. The molecule has 0 aromatic heterocycles. The van der Waals surface area contributed by atoms with Gasteiger partial charge in [0.05, 0.1) is 0 Å². The molecule has 0 saturated carbocycles. The predicted molar refractivity (Wildman–Crippen MR) is 91.0 cm³/mol. The minimum absolute atomic E-state index is 0.0364. The molecule has 0 aliphatic rings. The summed E-state index contributed by atoms with van der Waals surface area (Å²) < 4.78 is 0. The molecule has 3 aromatic carbocycles. The third kappa shape index (κ3) is 3.01. The van der Waals surface area contributed by atoms with Crippen molar-refractivity contribution in [3.05, 3.63) is 82.9 Å². The second-order valence-corrected chi connectivity index (χ2v) is 5.67. The van der Waals surface area contributed by atoms with E-state index in [4.69, 9.17) is 0 Å². The Morgan fingerprint density at radius 3 is 2.45 bits per heavy atom. The first kappa shape index (κ1) is 14.3. The highest BCUT2D eigenvalue weighted by Gasteiger charge is 2.07. The molecule has 2 heteroatoms. The number of nitrogens with one attached hydrogen (secondary N) is 1. The van der Waals surface area contributed by atoms with Crippen LogP contribution in [0.1, 0.15) is 27.0 Å². The lowest BCUT2D eigenvalue weighted by Crippen LogP contribution is -2.23. The minimum atomic E-state index is -0.0364. The van der Waals surface area contributed by atoms with E-state index < -0.39 is 0 Å². The van der Waals surface area contributed by atoms with Gasteiger partial charge in [0.1, 0.15) is 0 Å². The molecule has 0 spiro atoms. The highest BCUT2D eigenvalue weighted by Crippen LogP contribution is 2.16. The summed E-state index contributed by atoms with van der Waals surface area (Å²) in [4.78, 5) is 12.3. The van der Waals surface area contributed by atoms with Crippen LogP contribution in [0.3, 0.4) is 0 Å². The molecule has 0 aliphatic carbocycles. The summed E-state index contributed by atoms with van der Waals surface area (Å²) in [6, 6.07) is 20.1. The number of amides is 1. The lowest BCUT2D eigenvalue weighted by Gasteiger charge is -2.09. The summed E-state index contributed by atoms with van der Waals surface area (Å²) in [5.74, 6) is -0.0364. The number of benzene rings is 3. The van der Waals surface area contributed by atoms with Crippen molar-refractivity contribution < 1.29 is 4.79 Å². The third-order valence-electron chi connectivity index (χ3n) is 3.95. The number of hydrogen-bond acceptors (Lipinski definition) is 1. The lowest BCUT2D eigenvalue weighted by molar-refractivity contribution is 0.0951. The van der Waals surface area contributed by atoms with Crippen LogP contribution >= 0.6 is 0 Å². The van der Waals surface area contributed by atoms with Gasteiger partial charge in [-0.05, 0) is 47.9 Å². The molecule has 0 fully saturated rings. The van der Waals surface area contributed by atoms with Crippen LogP contribution in [0.2, 0.25) is 0 Å². The molecule has 1 N–H and O–H groups in total. The molecule has 110 valence electrons. The van der Waals surface area contributed by atoms with E-state index in [2.05, 4.69) is 37.4 Å². The maximum Gasteiger partial charge on any atom is 0.251 e. The highest BCUT2D eigenvalue weighted by atomic mass is 16.1. The standard InChI is InChI=1S/C20H19NO/c1-14-7-8-19(15(2)11-14)13-21-20(22)18-10-9-16-5-3-4-6-17(16)12-18/h3-12H,13H2,1-2H3,(H,21,22). The predicted octanol–water partition coefficient (Wildman–Crippen LogP) is 4.39. The molecular weight excluding hydrogens is 270 g/mol. The van der Waals surface area contributed by atoms with Gasteiger partial charge in [-0.25, -0.2) is 0 Å². The summed E-state index contributed by atoms with van der Waals surface area (Å²) >= 11 is 0. The maximum atomic E-state index is 12.3. The summed E-state index contributed by atoms with van der Waals surface area (Å²) in [5.41, 5.74) is 4.30. The van der Waals surface area contributed by atoms with E-state index in [0.717, 1.165) is 16.3 Å². The molecular formula is C20H19NO. The Morgan fingerprint density at radius 1 is 0.909 bits per heavy atom. The quantitative estimate of drug-likeness (QED) is 0.761. The maximum absolute atomic E-state index is 12.3. The number of rotatable bonds is 3. The van der Waals surface area contributed by atoms with E-state index in [0.29, 0.717) is 12.1 Å². The normalized spacial score (nSPS) is 10.6. The van der Waals surface area contributed by atoms with E-state index in [1.54, 1.807) is 0 Å². The van der Waals surface area contributed by atoms with Crippen LogP contribution in [-0.4, -0.2) is 5.91 Å². The molecule has 0 bridgehead atoms. The molecule has 0 radical (unpaired) electrons. The highest BCUT2D eigenvalue weighted by molar-refractivity contribution is 5.98. The van der Waals surface area contributed by atoms with E-state index in [1.165, 1.54) is 11.1 Å². The van der Waals surface area contributed by atoms with E-state index in [9.17, 15) is 4.79 Å². The molecule has 3 aromatic rings. The van der Waals surface area contributed by atoms with Crippen molar-refractivity contribution in [3.63, 3.8) is 0 Å². The molecule has 2 nitrogen and oxygen atoms in total. The van der Waals surface area contributed by atoms with Gasteiger partial charge in [0.2, 0.25) is 0 Å². The van der Waals surface area contributed by atoms with Gasteiger partial charge in [-0.15, -0.1) is 0 Å². The first-order valence-corrected chi connectivity index (χ1v) is 7.46. The zero-order chi connectivity index (χ0) is 15.5. The van der Waals surface area contributed by atoms with Gasteiger partial charge < -0.3 is 5.32 Å². The Labute approximate surface area is 130 Å². The second-order valence-electron chi connectivity index (χ2n) is 5.67. The zero-order valence-electron chi connectivity index (χ0n) is 12.9. The zero-order valence-corrected chi connectivity index (χ0v) is 12.9. The van der Waals surface area contributed by atoms with Gasteiger partial charge in [0.15, 0.2) is 0 Å². The van der Waals surface area contributed by atoms with Crippen molar-refractivity contribution in [2.45, 2.75) is 20.4 Å². The van der Waals surface area contributed by atoms with Crippen molar-refractivity contribution >= 4 is 16.7 Å². The van der Waals surface area contributed by atoms with Gasteiger partial charge in [-0.3, -0.25) is 4.79 Å². The van der Waals surface area contributed by atoms with E-state index >= 15 is 0 Å².